The van der Waals surface area contributed by atoms with Crippen molar-refractivity contribution in [1.82, 2.24) is 5.32 Å². The summed E-state index contributed by atoms with van der Waals surface area (Å²) >= 11 is 0. The number of aliphatic hydroxyl groups excluding tert-OH is 1. The highest BCUT2D eigenvalue weighted by Gasteiger charge is 2.43. The van der Waals surface area contributed by atoms with Gasteiger partial charge < -0.3 is 21.3 Å². The number of rotatable bonds is 7. The monoisotopic (exact) mass is 328 g/mol. The molecule has 6 nitrogen and oxygen atoms in total. The molecule has 0 radical (unpaired) electrons. The fraction of sp³-hybridized carbons (Fsp3) is 0.882. The molecule has 0 aromatic heterocycles. The number of carboxylic acid groups (broad SMARTS) is 1. The zero-order chi connectivity index (χ0) is 18.0. The average molecular weight is 328 g/mol. The lowest BCUT2D eigenvalue weighted by Crippen LogP contribution is -2.57. The van der Waals surface area contributed by atoms with Gasteiger partial charge in [-0.25, -0.2) is 0 Å². The van der Waals surface area contributed by atoms with Crippen LogP contribution in [-0.4, -0.2) is 39.8 Å². The highest BCUT2D eigenvalue weighted by molar-refractivity contribution is 5.86. The second-order valence-corrected chi connectivity index (χ2v) is 8.28. The molecule has 1 fully saturated rings. The van der Waals surface area contributed by atoms with E-state index < -0.39 is 36.0 Å². The minimum atomic E-state index is -1.12. The van der Waals surface area contributed by atoms with Crippen LogP contribution in [0.2, 0.25) is 0 Å². The Labute approximate surface area is 138 Å². The van der Waals surface area contributed by atoms with Crippen LogP contribution < -0.4 is 11.1 Å². The fourth-order valence-electron chi connectivity index (χ4n) is 3.62. The molecule has 5 N–H and O–H groups in total. The second-order valence-electron chi connectivity index (χ2n) is 8.28. The number of carboxylic acids is 1. The van der Waals surface area contributed by atoms with Crippen LogP contribution in [0.15, 0.2) is 0 Å². The highest BCUT2D eigenvalue weighted by atomic mass is 16.4. The van der Waals surface area contributed by atoms with Crippen molar-refractivity contribution in [2.45, 2.75) is 78.0 Å². The van der Waals surface area contributed by atoms with Crippen molar-refractivity contribution >= 4 is 11.9 Å². The number of hydrogen-bond donors (Lipinski definition) is 4. The maximum atomic E-state index is 12.0. The quantitative estimate of drug-likeness (QED) is 0.566. The Bertz CT molecular complexity index is 448. The van der Waals surface area contributed by atoms with Crippen LogP contribution in [0.25, 0.3) is 0 Å². The van der Waals surface area contributed by atoms with Crippen LogP contribution in [0.1, 0.15) is 60.3 Å². The molecule has 1 rings (SSSR count). The van der Waals surface area contributed by atoms with Gasteiger partial charge in [0.25, 0.3) is 0 Å². The van der Waals surface area contributed by atoms with Crippen LogP contribution in [0.5, 0.6) is 0 Å². The molecule has 0 aromatic carbocycles. The normalized spacial score (nSPS) is 26.6. The number of aliphatic carboxylic acids is 1. The smallest absolute Gasteiger partial charge is 0.305 e. The molecule has 134 valence electrons. The Hall–Kier alpha value is -1.14. The first-order valence-electron chi connectivity index (χ1n) is 8.34. The second kappa shape index (κ2) is 7.18. The Morgan fingerprint density at radius 1 is 1.39 bits per heavy atom. The fourth-order valence-corrected chi connectivity index (χ4v) is 3.62. The number of aliphatic hydroxyl groups is 1. The van der Waals surface area contributed by atoms with Gasteiger partial charge in [-0.2, -0.15) is 0 Å². The van der Waals surface area contributed by atoms with Crippen LogP contribution in [0.3, 0.4) is 0 Å². The number of amides is 1. The molecule has 4 atom stereocenters. The van der Waals surface area contributed by atoms with E-state index in [1.807, 2.05) is 0 Å². The van der Waals surface area contributed by atoms with E-state index in [-0.39, 0.29) is 5.41 Å². The molecule has 23 heavy (non-hydrogen) atoms. The first-order valence-corrected chi connectivity index (χ1v) is 8.34. The molecule has 1 aliphatic rings. The van der Waals surface area contributed by atoms with Crippen LogP contribution >= 0.6 is 0 Å². The first kappa shape index (κ1) is 19.9. The van der Waals surface area contributed by atoms with Gasteiger partial charge in [0.05, 0.1) is 24.1 Å². The van der Waals surface area contributed by atoms with E-state index in [9.17, 15) is 14.7 Å². The van der Waals surface area contributed by atoms with Gasteiger partial charge in [0.15, 0.2) is 0 Å². The van der Waals surface area contributed by atoms with Gasteiger partial charge in [-0.05, 0) is 50.4 Å². The Morgan fingerprint density at radius 3 is 2.39 bits per heavy atom. The lowest BCUT2D eigenvalue weighted by Gasteiger charge is -2.38. The van der Waals surface area contributed by atoms with Gasteiger partial charge in [-0.15, -0.1) is 0 Å². The summed E-state index contributed by atoms with van der Waals surface area (Å²) < 4.78 is 0. The molecule has 1 aliphatic carbocycles. The summed E-state index contributed by atoms with van der Waals surface area (Å²) in [5.41, 5.74) is 4.90. The molecule has 0 bridgehead atoms. The SMILES string of the molecule is CC1CCC(C)(C)C1CC(O)C(C)(C)NC(=O)[C@@H](N)CC(=O)O. The summed E-state index contributed by atoms with van der Waals surface area (Å²) in [6.45, 7) is 10.1. The molecule has 1 saturated carbocycles. The summed E-state index contributed by atoms with van der Waals surface area (Å²) in [7, 11) is 0. The molecular weight excluding hydrogens is 296 g/mol. The zero-order valence-electron chi connectivity index (χ0n) is 14.9. The molecule has 0 saturated heterocycles. The van der Waals surface area contributed by atoms with E-state index in [0.29, 0.717) is 18.3 Å². The molecule has 0 heterocycles. The highest BCUT2D eigenvalue weighted by Crippen LogP contribution is 2.48. The van der Waals surface area contributed by atoms with Gasteiger partial charge in [-0.1, -0.05) is 20.8 Å². The van der Waals surface area contributed by atoms with E-state index in [4.69, 9.17) is 10.8 Å². The topological polar surface area (TPSA) is 113 Å². The predicted octanol–water partition coefficient (Wildman–Crippen LogP) is 1.51. The summed E-state index contributed by atoms with van der Waals surface area (Å²) in [5.74, 6) is -0.732. The van der Waals surface area contributed by atoms with Crippen LogP contribution in [0.4, 0.5) is 0 Å². The van der Waals surface area contributed by atoms with E-state index in [1.54, 1.807) is 13.8 Å². The maximum Gasteiger partial charge on any atom is 0.305 e. The van der Waals surface area contributed by atoms with E-state index in [2.05, 4.69) is 26.1 Å². The summed E-state index contributed by atoms with van der Waals surface area (Å²) in [6, 6.07) is -1.11. The molecular formula is C17H32N2O4. The van der Waals surface area contributed by atoms with Gasteiger partial charge in [0.2, 0.25) is 5.91 Å². The molecule has 6 heteroatoms. The largest absolute Gasteiger partial charge is 0.481 e. The van der Waals surface area contributed by atoms with Crippen molar-refractivity contribution in [3.8, 4) is 0 Å². The van der Waals surface area contributed by atoms with E-state index >= 15 is 0 Å². The number of nitrogens with two attached hydrogens (primary N) is 1. The van der Waals surface area contributed by atoms with Gasteiger partial charge in [0.1, 0.15) is 0 Å². The van der Waals surface area contributed by atoms with Crippen LogP contribution in [-0.2, 0) is 9.59 Å². The van der Waals surface area contributed by atoms with Crippen molar-refractivity contribution in [1.29, 1.82) is 0 Å². The van der Waals surface area contributed by atoms with Crippen molar-refractivity contribution in [3.63, 3.8) is 0 Å². The minimum Gasteiger partial charge on any atom is -0.481 e. The standard InChI is InChI=1S/C17H32N2O4/c1-10-6-7-16(2,3)11(10)8-13(20)17(4,5)19-15(23)12(18)9-14(21)22/h10-13,20H,6-9,18H2,1-5H3,(H,19,23)(H,21,22)/t10?,11?,12-,13?/m0/s1. The van der Waals surface area contributed by atoms with Crippen LogP contribution in [0, 0.1) is 17.3 Å². The summed E-state index contributed by atoms with van der Waals surface area (Å²) in [5, 5.41) is 22.0. The Kier molecular flexibility index (Phi) is 6.21. The zero-order valence-corrected chi connectivity index (χ0v) is 14.9. The molecule has 0 aliphatic heterocycles. The van der Waals surface area contributed by atoms with Gasteiger partial charge >= 0.3 is 5.97 Å². The summed E-state index contributed by atoms with van der Waals surface area (Å²) in [4.78, 5) is 22.7. The molecule has 0 aromatic rings. The van der Waals surface area contributed by atoms with Gasteiger partial charge in [0, 0.05) is 0 Å². The number of carbonyl (C=O) groups is 2. The predicted molar refractivity (Wildman–Crippen MR) is 88.7 cm³/mol. The van der Waals surface area contributed by atoms with E-state index in [0.717, 1.165) is 12.8 Å². The molecule has 3 unspecified atom stereocenters. The number of hydrogen-bond acceptors (Lipinski definition) is 4. The maximum absolute atomic E-state index is 12.0. The number of carbonyl (C=O) groups excluding carboxylic acids is 1. The lowest BCUT2D eigenvalue weighted by atomic mass is 9.74. The van der Waals surface area contributed by atoms with Crippen molar-refractivity contribution in [3.05, 3.63) is 0 Å². The Balaban J connectivity index is 2.68. The molecule has 1 amide bonds. The van der Waals surface area contributed by atoms with Crippen molar-refractivity contribution < 1.29 is 19.8 Å². The minimum absolute atomic E-state index is 0.181. The third kappa shape index (κ3) is 5.18. The van der Waals surface area contributed by atoms with Crippen molar-refractivity contribution in [2.24, 2.45) is 23.0 Å². The Morgan fingerprint density at radius 2 is 1.96 bits per heavy atom. The van der Waals surface area contributed by atoms with E-state index in [1.165, 1.54) is 0 Å². The lowest BCUT2D eigenvalue weighted by molar-refractivity contribution is -0.140. The molecule has 0 spiro atoms. The van der Waals surface area contributed by atoms with Crippen molar-refractivity contribution in [2.75, 3.05) is 0 Å². The third-order valence-electron chi connectivity index (χ3n) is 5.42. The first-order chi connectivity index (χ1) is 10.4. The summed E-state index contributed by atoms with van der Waals surface area (Å²) in [6.07, 6.45) is 1.76. The number of nitrogens with one attached hydrogen (secondary N) is 1. The average Bonchev–Trinajstić information content (AvgIpc) is 2.64. The third-order valence-corrected chi connectivity index (χ3v) is 5.42. The van der Waals surface area contributed by atoms with Gasteiger partial charge in [-0.3, -0.25) is 9.59 Å².